The van der Waals surface area contributed by atoms with Crippen LogP contribution in [0.5, 0.6) is 0 Å². The van der Waals surface area contributed by atoms with Crippen LogP contribution in [0.4, 0.5) is 0 Å². The van der Waals surface area contributed by atoms with Gasteiger partial charge in [-0.05, 0) is 34.9 Å². The summed E-state index contributed by atoms with van der Waals surface area (Å²) in [5, 5.41) is 1.18. The zero-order chi connectivity index (χ0) is 28.6. The molecule has 5 heteroatoms. The van der Waals surface area contributed by atoms with Gasteiger partial charge in [-0.25, -0.2) is 15.0 Å². The number of thiophene rings is 1. The minimum atomic E-state index is 0.634. The zero-order valence-corrected chi connectivity index (χ0v) is 23.9. The Morgan fingerprint density at radius 2 is 1.00 bits per heavy atom. The summed E-state index contributed by atoms with van der Waals surface area (Å²) in [5.74, 6) is 1.92. The lowest BCUT2D eigenvalue weighted by Crippen LogP contribution is -2.01. The van der Waals surface area contributed by atoms with Crippen molar-refractivity contribution >= 4 is 31.6 Å². The standard InChI is InChI=1S/C38H24N4S/c1-4-12-25(13-5-1)29-21-20-28(30-22-23-39-34-31-18-10-11-19-33(31)43-35(30)34)24-32(29)38-41-36(26-14-6-2-7-15-26)40-37(42-38)27-16-8-3-9-17-27/h1-24H. The highest BCUT2D eigenvalue weighted by Gasteiger charge is 2.18. The molecule has 3 heterocycles. The number of rotatable bonds is 5. The van der Waals surface area contributed by atoms with Crippen LogP contribution in [0.1, 0.15) is 0 Å². The van der Waals surface area contributed by atoms with Crippen LogP contribution in [0.2, 0.25) is 0 Å². The van der Waals surface area contributed by atoms with Gasteiger partial charge in [0.15, 0.2) is 17.5 Å². The van der Waals surface area contributed by atoms with Crippen LogP contribution in [-0.4, -0.2) is 19.9 Å². The van der Waals surface area contributed by atoms with Crippen LogP contribution in [0, 0.1) is 0 Å². The van der Waals surface area contributed by atoms with E-state index in [0.29, 0.717) is 17.5 Å². The molecule has 0 amide bonds. The molecule has 0 aliphatic carbocycles. The lowest BCUT2D eigenvalue weighted by atomic mass is 9.94. The SMILES string of the molecule is c1ccc(-c2nc(-c3ccccc3)nc(-c3cc(-c4ccnc5c4sc4ccccc45)ccc3-c3ccccc3)n2)cc1. The van der Waals surface area contributed by atoms with Gasteiger partial charge >= 0.3 is 0 Å². The van der Waals surface area contributed by atoms with Crippen molar-refractivity contribution in [2.45, 2.75) is 0 Å². The fourth-order valence-electron chi connectivity index (χ4n) is 5.53. The molecule has 0 spiro atoms. The van der Waals surface area contributed by atoms with Crippen molar-refractivity contribution in [2.24, 2.45) is 0 Å². The molecule has 0 saturated carbocycles. The number of aromatic nitrogens is 4. The molecule has 8 rings (SSSR count). The van der Waals surface area contributed by atoms with Crippen LogP contribution in [0.3, 0.4) is 0 Å². The summed E-state index contributed by atoms with van der Waals surface area (Å²) < 4.78 is 2.41. The quantitative estimate of drug-likeness (QED) is 0.207. The lowest BCUT2D eigenvalue weighted by molar-refractivity contribution is 1.07. The fraction of sp³-hybridized carbons (Fsp3) is 0. The first-order valence-electron chi connectivity index (χ1n) is 14.2. The maximum Gasteiger partial charge on any atom is 0.164 e. The van der Waals surface area contributed by atoms with Gasteiger partial charge in [0, 0.05) is 38.5 Å². The monoisotopic (exact) mass is 568 g/mol. The fourth-order valence-corrected chi connectivity index (χ4v) is 6.72. The van der Waals surface area contributed by atoms with E-state index in [2.05, 4.69) is 72.8 Å². The van der Waals surface area contributed by atoms with E-state index in [4.69, 9.17) is 19.9 Å². The Kier molecular flexibility index (Phi) is 6.28. The van der Waals surface area contributed by atoms with Gasteiger partial charge in [0.2, 0.25) is 0 Å². The van der Waals surface area contributed by atoms with Crippen molar-refractivity contribution in [2.75, 3.05) is 0 Å². The van der Waals surface area contributed by atoms with E-state index in [1.54, 1.807) is 11.3 Å². The minimum absolute atomic E-state index is 0.634. The van der Waals surface area contributed by atoms with Gasteiger partial charge in [-0.1, -0.05) is 121 Å². The molecule has 8 aromatic rings. The predicted octanol–water partition coefficient (Wildman–Crippen LogP) is 9.97. The molecule has 0 radical (unpaired) electrons. The third-order valence-corrected chi connectivity index (χ3v) is 8.81. The molecule has 0 bridgehead atoms. The number of fused-ring (bicyclic) bond motifs is 3. The van der Waals surface area contributed by atoms with Crippen LogP contribution >= 0.6 is 11.3 Å². The summed E-state index contributed by atoms with van der Waals surface area (Å²) in [7, 11) is 0. The van der Waals surface area contributed by atoms with Crippen LogP contribution in [0.15, 0.2) is 146 Å². The van der Waals surface area contributed by atoms with E-state index in [0.717, 1.165) is 44.5 Å². The number of benzene rings is 5. The van der Waals surface area contributed by atoms with Crippen molar-refractivity contribution in [1.29, 1.82) is 0 Å². The maximum absolute atomic E-state index is 5.09. The Hall–Kier alpha value is -5.52. The molecule has 5 aromatic carbocycles. The molecule has 0 fully saturated rings. The van der Waals surface area contributed by atoms with Gasteiger partial charge in [0.1, 0.15) is 0 Å². The summed E-state index contributed by atoms with van der Waals surface area (Å²) in [6.07, 6.45) is 1.91. The van der Waals surface area contributed by atoms with E-state index < -0.39 is 0 Å². The highest BCUT2D eigenvalue weighted by Crippen LogP contribution is 2.41. The Bertz CT molecular complexity index is 2170. The van der Waals surface area contributed by atoms with Crippen molar-refractivity contribution in [3.63, 3.8) is 0 Å². The summed E-state index contributed by atoms with van der Waals surface area (Å²) >= 11 is 1.78. The van der Waals surface area contributed by atoms with Crippen molar-refractivity contribution < 1.29 is 0 Å². The molecular weight excluding hydrogens is 545 g/mol. The van der Waals surface area contributed by atoms with E-state index in [-0.39, 0.29) is 0 Å². The first-order valence-corrected chi connectivity index (χ1v) is 15.0. The summed E-state index contributed by atoms with van der Waals surface area (Å²) in [4.78, 5) is 19.9. The van der Waals surface area contributed by atoms with Gasteiger partial charge in [-0.15, -0.1) is 11.3 Å². The largest absolute Gasteiger partial charge is 0.255 e. The van der Waals surface area contributed by atoms with Crippen LogP contribution in [-0.2, 0) is 0 Å². The smallest absolute Gasteiger partial charge is 0.164 e. The van der Waals surface area contributed by atoms with Gasteiger partial charge < -0.3 is 0 Å². The van der Waals surface area contributed by atoms with Gasteiger partial charge in [-0.3, -0.25) is 4.98 Å². The third-order valence-electron chi connectivity index (χ3n) is 7.61. The normalized spacial score (nSPS) is 11.3. The summed E-state index contributed by atoms with van der Waals surface area (Å²) in [5.41, 5.74) is 8.29. The van der Waals surface area contributed by atoms with Crippen LogP contribution in [0.25, 0.3) is 76.7 Å². The molecule has 0 unspecified atom stereocenters. The number of pyridine rings is 1. The Morgan fingerprint density at radius 3 is 1.67 bits per heavy atom. The maximum atomic E-state index is 5.09. The molecule has 0 saturated heterocycles. The average molecular weight is 569 g/mol. The van der Waals surface area contributed by atoms with E-state index in [9.17, 15) is 0 Å². The molecule has 0 aliphatic heterocycles. The number of hydrogen-bond acceptors (Lipinski definition) is 5. The first-order chi connectivity index (χ1) is 21.3. The number of hydrogen-bond donors (Lipinski definition) is 0. The molecule has 4 nitrogen and oxygen atoms in total. The third kappa shape index (κ3) is 4.66. The Morgan fingerprint density at radius 1 is 0.419 bits per heavy atom. The summed E-state index contributed by atoms with van der Waals surface area (Å²) in [6, 6.07) is 47.8. The highest BCUT2D eigenvalue weighted by molar-refractivity contribution is 7.26. The summed E-state index contributed by atoms with van der Waals surface area (Å²) in [6.45, 7) is 0. The average Bonchev–Trinajstić information content (AvgIpc) is 3.48. The van der Waals surface area contributed by atoms with E-state index >= 15 is 0 Å². The molecule has 0 aliphatic rings. The molecule has 202 valence electrons. The lowest BCUT2D eigenvalue weighted by Gasteiger charge is -2.14. The van der Waals surface area contributed by atoms with Crippen molar-refractivity contribution in [3.8, 4) is 56.4 Å². The van der Waals surface area contributed by atoms with E-state index in [1.807, 2.05) is 72.9 Å². The topological polar surface area (TPSA) is 51.6 Å². The second-order valence-electron chi connectivity index (χ2n) is 10.3. The van der Waals surface area contributed by atoms with Crippen LogP contribution < -0.4 is 0 Å². The first kappa shape index (κ1) is 25.2. The minimum Gasteiger partial charge on any atom is -0.255 e. The van der Waals surface area contributed by atoms with Gasteiger partial charge in [0.05, 0.1) is 10.2 Å². The Labute approximate surface area is 253 Å². The zero-order valence-electron chi connectivity index (χ0n) is 23.1. The van der Waals surface area contributed by atoms with Gasteiger partial charge in [0.25, 0.3) is 0 Å². The molecule has 3 aromatic heterocycles. The molecular formula is C38H24N4S. The second kappa shape index (κ2) is 10.7. The van der Waals surface area contributed by atoms with Crippen molar-refractivity contribution in [3.05, 3.63) is 146 Å². The Balaban J connectivity index is 1.39. The van der Waals surface area contributed by atoms with Gasteiger partial charge in [-0.2, -0.15) is 0 Å². The molecule has 0 N–H and O–H groups in total. The number of nitrogens with zero attached hydrogens (tertiary/aromatic N) is 4. The van der Waals surface area contributed by atoms with Crippen molar-refractivity contribution in [1.82, 2.24) is 19.9 Å². The molecule has 43 heavy (non-hydrogen) atoms. The second-order valence-corrected chi connectivity index (χ2v) is 11.4. The highest BCUT2D eigenvalue weighted by atomic mass is 32.1. The van der Waals surface area contributed by atoms with E-state index in [1.165, 1.54) is 14.8 Å². The predicted molar refractivity (Wildman–Crippen MR) is 178 cm³/mol. The molecule has 0 atom stereocenters.